The predicted octanol–water partition coefficient (Wildman–Crippen LogP) is 0.786. The summed E-state index contributed by atoms with van der Waals surface area (Å²) in [4.78, 5) is 24.4. The third-order valence-electron chi connectivity index (χ3n) is 2.92. The second-order valence-electron chi connectivity index (χ2n) is 4.17. The number of ether oxygens (including phenoxy) is 1. The van der Waals surface area contributed by atoms with Crippen molar-refractivity contribution in [1.82, 2.24) is 4.90 Å². The molecule has 5 nitrogen and oxygen atoms in total. The van der Waals surface area contributed by atoms with Crippen molar-refractivity contribution in [3.8, 4) is 0 Å². The maximum absolute atomic E-state index is 11.9. The first-order valence-electron chi connectivity index (χ1n) is 5.84. The van der Waals surface area contributed by atoms with E-state index in [0.717, 1.165) is 5.56 Å². The molecule has 0 bridgehead atoms. The highest BCUT2D eigenvalue weighted by molar-refractivity contribution is 5.87. The number of rotatable bonds is 3. The minimum atomic E-state index is -0.957. The Kier molecular flexibility index (Phi) is 3.94. The zero-order chi connectivity index (χ0) is 13.0. The van der Waals surface area contributed by atoms with Crippen LogP contribution in [-0.2, 0) is 16.0 Å². The van der Waals surface area contributed by atoms with Gasteiger partial charge in [0.1, 0.15) is 0 Å². The van der Waals surface area contributed by atoms with Gasteiger partial charge in [-0.25, -0.2) is 4.79 Å². The minimum absolute atomic E-state index is 0.0568. The molecular weight excluding hydrogens is 234 g/mol. The van der Waals surface area contributed by atoms with E-state index >= 15 is 0 Å². The predicted molar refractivity (Wildman–Crippen MR) is 64.5 cm³/mol. The van der Waals surface area contributed by atoms with Crippen molar-refractivity contribution in [2.45, 2.75) is 6.42 Å². The summed E-state index contributed by atoms with van der Waals surface area (Å²) in [6.07, 6.45) is 0.305. The summed E-state index contributed by atoms with van der Waals surface area (Å²) in [6.45, 7) is 2.44. The standard InChI is InChI=1S/C13H15NO4/c15-12(14-5-7-18-8-6-14)9-10-1-3-11(4-2-10)13(16)17/h1-4H,5-9H2,(H,16,17). The van der Waals surface area contributed by atoms with Gasteiger partial charge in [0.15, 0.2) is 0 Å². The number of morpholine rings is 1. The summed E-state index contributed by atoms with van der Waals surface area (Å²) in [5.74, 6) is -0.901. The Labute approximate surface area is 105 Å². The number of hydrogen-bond donors (Lipinski definition) is 1. The Morgan fingerprint density at radius 2 is 1.78 bits per heavy atom. The van der Waals surface area contributed by atoms with Crippen LogP contribution in [0.4, 0.5) is 0 Å². The van der Waals surface area contributed by atoms with Gasteiger partial charge in [-0.2, -0.15) is 0 Å². The Morgan fingerprint density at radius 1 is 1.17 bits per heavy atom. The molecule has 0 unspecified atom stereocenters. The lowest BCUT2D eigenvalue weighted by atomic mass is 10.1. The Bertz CT molecular complexity index is 435. The van der Waals surface area contributed by atoms with Crippen LogP contribution in [0.15, 0.2) is 24.3 Å². The molecule has 5 heteroatoms. The van der Waals surface area contributed by atoms with E-state index in [9.17, 15) is 9.59 Å². The maximum Gasteiger partial charge on any atom is 0.335 e. The Balaban J connectivity index is 1.96. The molecule has 96 valence electrons. The average Bonchev–Trinajstić information content (AvgIpc) is 2.40. The van der Waals surface area contributed by atoms with Crippen molar-refractivity contribution in [3.63, 3.8) is 0 Å². The minimum Gasteiger partial charge on any atom is -0.478 e. The van der Waals surface area contributed by atoms with Crippen LogP contribution >= 0.6 is 0 Å². The molecule has 1 aliphatic heterocycles. The van der Waals surface area contributed by atoms with E-state index in [1.807, 2.05) is 0 Å². The lowest BCUT2D eigenvalue weighted by Crippen LogP contribution is -2.41. The van der Waals surface area contributed by atoms with E-state index in [4.69, 9.17) is 9.84 Å². The van der Waals surface area contributed by atoms with Crippen LogP contribution < -0.4 is 0 Å². The highest BCUT2D eigenvalue weighted by atomic mass is 16.5. The van der Waals surface area contributed by atoms with Gasteiger partial charge in [0, 0.05) is 13.1 Å². The van der Waals surface area contributed by atoms with Gasteiger partial charge in [0.25, 0.3) is 0 Å². The molecule has 0 aromatic heterocycles. The number of hydrogen-bond acceptors (Lipinski definition) is 3. The smallest absolute Gasteiger partial charge is 0.335 e. The van der Waals surface area contributed by atoms with Gasteiger partial charge in [-0.05, 0) is 17.7 Å². The monoisotopic (exact) mass is 249 g/mol. The summed E-state index contributed by atoms with van der Waals surface area (Å²) in [5, 5.41) is 8.77. The van der Waals surface area contributed by atoms with E-state index in [2.05, 4.69) is 0 Å². The first-order valence-corrected chi connectivity index (χ1v) is 5.84. The fourth-order valence-corrected chi connectivity index (χ4v) is 1.86. The normalized spacial score (nSPS) is 15.4. The third kappa shape index (κ3) is 3.07. The molecule has 1 heterocycles. The SMILES string of the molecule is O=C(O)c1ccc(CC(=O)N2CCOCC2)cc1. The number of carboxylic acids is 1. The molecule has 1 aromatic carbocycles. The third-order valence-corrected chi connectivity index (χ3v) is 2.92. The zero-order valence-corrected chi connectivity index (χ0v) is 9.96. The van der Waals surface area contributed by atoms with Crippen molar-refractivity contribution >= 4 is 11.9 Å². The van der Waals surface area contributed by atoms with Crippen molar-refractivity contribution in [2.24, 2.45) is 0 Å². The van der Waals surface area contributed by atoms with Crippen LogP contribution in [0, 0.1) is 0 Å². The number of carboxylic acid groups (broad SMARTS) is 1. The fraction of sp³-hybridized carbons (Fsp3) is 0.385. The molecule has 1 fully saturated rings. The van der Waals surface area contributed by atoms with Crippen LogP contribution in [0.5, 0.6) is 0 Å². The number of carbonyl (C=O) groups is 2. The molecule has 1 amide bonds. The second kappa shape index (κ2) is 5.64. The fourth-order valence-electron chi connectivity index (χ4n) is 1.86. The number of benzene rings is 1. The van der Waals surface area contributed by atoms with Crippen molar-refractivity contribution in [2.75, 3.05) is 26.3 Å². The first-order chi connectivity index (χ1) is 8.66. The molecule has 2 rings (SSSR count). The lowest BCUT2D eigenvalue weighted by Gasteiger charge is -2.26. The molecule has 0 aliphatic carbocycles. The molecule has 18 heavy (non-hydrogen) atoms. The van der Waals surface area contributed by atoms with Crippen molar-refractivity contribution < 1.29 is 19.4 Å². The molecular formula is C13H15NO4. The maximum atomic E-state index is 11.9. The molecule has 1 saturated heterocycles. The second-order valence-corrected chi connectivity index (χ2v) is 4.17. The first kappa shape index (κ1) is 12.6. The Morgan fingerprint density at radius 3 is 2.33 bits per heavy atom. The van der Waals surface area contributed by atoms with E-state index in [0.29, 0.717) is 32.7 Å². The molecule has 0 radical (unpaired) electrons. The van der Waals surface area contributed by atoms with E-state index in [1.54, 1.807) is 17.0 Å². The van der Waals surface area contributed by atoms with Gasteiger partial charge in [-0.1, -0.05) is 12.1 Å². The number of aromatic carboxylic acids is 1. The average molecular weight is 249 g/mol. The molecule has 1 N–H and O–H groups in total. The lowest BCUT2D eigenvalue weighted by molar-refractivity contribution is -0.134. The van der Waals surface area contributed by atoms with Crippen LogP contribution in [-0.4, -0.2) is 48.2 Å². The zero-order valence-electron chi connectivity index (χ0n) is 9.96. The van der Waals surface area contributed by atoms with Gasteiger partial charge < -0.3 is 14.7 Å². The van der Waals surface area contributed by atoms with Crippen LogP contribution in [0.25, 0.3) is 0 Å². The van der Waals surface area contributed by atoms with Gasteiger partial charge in [-0.15, -0.1) is 0 Å². The summed E-state index contributed by atoms with van der Waals surface area (Å²) in [6, 6.07) is 6.40. The highest BCUT2D eigenvalue weighted by Crippen LogP contribution is 2.08. The van der Waals surface area contributed by atoms with Crippen molar-refractivity contribution in [1.29, 1.82) is 0 Å². The van der Waals surface area contributed by atoms with E-state index in [1.165, 1.54) is 12.1 Å². The summed E-state index contributed by atoms with van der Waals surface area (Å²) in [7, 11) is 0. The van der Waals surface area contributed by atoms with E-state index < -0.39 is 5.97 Å². The van der Waals surface area contributed by atoms with Crippen molar-refractivity contribution in [3.05, 3.63) is 35.4 Å². The molecule has 1 aromatic rings. The topological polar surface area (TPSA) is 66.8 Å². The van der Waals surface area contributed by atoms with Gasteiger partial charge in [-0.3, -0.25) is 4.79 Å². The quantitative estimate of drug-likeness (QED) is 0.860. The highest BCUT2D eigenvalue weighted by Gasteiger charge is 2.16. The van der Waals surface area contributed by atoms with Crippen LogP contribution in [0.3, 0.4) is 0 Å². The van der Waals surface area contributed by atoms with Gasteiger partial charge >= 0.3 is 5.97 Å². The number of amides is 1. The molecule has 1 aliphatic rings. The summed E-state index contributed by atoms with van der Waals surface area (Å²) < 4.78 is 5.18. The van der Waals surface area contributed by atoms with Gasteiger partial charge in [0.05, 0.1) is 25.2 Å². The molecule has 0 atom stereocenters. The summed E-state index contributed by atoms with van der Waals surface area (Å²) in [5.41, 5.74) is 1.06. The Hall–Kier alpha value is -1.88. The molecule has 0 spiro atoms. The van der Waals surface area contributed by atoms with Crippen LogP contribution in [0.2, 0.25) is 0 Å². The number of nitrogens with zero attached hydrogens (tertiary/aromatic N) is 1. The number of carbonyl (C=O) groups excluding carboxylic acids is 1. The largest absolute Gasteiger partial charge is 0.478 e. The molecule has 0 saturated carbocycles. The van der Waals surface area contributed by atoms with Gasteiger partial charge in [0.2, 0.25) is 5.91 Å². The van der Waals surface area contributed by atoms with E-state index in [-0.39, 0.29) is 11.5 Å². The van der Waals surface area contributed by atoms with Crippen LogP contribution in [0.1, 0.15) is 15.9 Å². The summed E-state index contributed by atoms with van der Waals surface area (Å²) >= 11 is 0.